The number of hydrogen-bond acceptors (Lipinski definition) is 5. The van der Waals surface area contributed by atoms with Gasteiger partial charge < -0.3 is 14.8 Å². The van der Waals surface area contributed by atoms with Crippen LogP contribution in [0.4, 0.5) is 0 Å². The van der Waals surface area contributed by atoms with Crippen molar-refractivity contribution in [3.8, 4) is 0 Å². The predicted molar refractivity (Wildman–Crippen MR) is 94.1 cm³/mol. The van der Waals surface area contributed by atoms with E-state index in [1.165, 1.54) is 5.56 Å². The summed E-state index contributed by atoms with van der Waals surface area (Å²) in [5.41, 5.74) is 1.84. The van der Waals surface area contributed by atoms with Crippen molar-refractivity contribution in [2.45, 2.75) is 32.9 Å². The number of aliphatic hydroxyl groups is 1. The number of aromatic nitrogens is 1. The molecule has 2 atom stereocenters. The van der Waals surface area contributed by atoms with Gasteiger partial charge in [0.05, 0.1) is 5.69 Å². The van der Waals surface area contributed by atoms with E-state index in [1.54, 1.807) is 13.8 Å². The number of oxazole rings is 1. The molecule has 3 rings (SSSR count). The molecule has 1 amide bonds. The molecular weight excluding hydrogens is 318 g/mol. The van der Waals surface area contributed by atoms with Gasteiger partial charge in [-0.1, -0.05) is 30.3 Å². The maximum absolute atomic E-state index is 12.5. The van der Waals surface area contributed by atoms with Crippen molar-refractivity contribution in [1.29, 1.82) is 0 Å². The third-order valence-corrected chi connectivity index (χ3v) is 4.75. The fourth-order valence-electron chi connectivity index (χ4n) is 3.41. The summed E-state index contributed by atoms with van der Waals surface area (Å²) in [7, 11) is 0. The Morgan fingerprint density at radius 2 is 2.12 bits per heavy atom. The van der Waals surface area contributed by atoms with Gasteiger partial charge in [-0.3, -0.25) is 9.69 Å². The average molecular weight is 343 g/mol. The van der Waals surface area contributed by atoms with Crippen molar-refractivity contribution in [1.82, 2.24) is 15.2 Å². The van der Waals surface area contributed by atoms with Gasteiger partial charge in [0.25, 0.3) is 5.91 Å². The second kappa shape index (κ2) is 7.80. The highest BCUT2D eigenvalue weighted by molar-refractivity contribution is 5.92. The monoisotopic (exact) mass is 343 g/mol. The topological polar surface area (TPSA) is 78.6 Å². The molecule has 0 unspecified atom stereocenters. The third kappa shape index (κ3) is 4.27. The van der Waals surface area contributed by atoms with Crippen molar-refractivity contribution < 1.29 is 14.3 Å². The van der Waals surface area contributed by atoms with Crippen LogP contribution in [0, 0.1) is 19.8 Å². The molecule has 0 spiro atoms. The Balaban J connectivity index is 1.66. The van der Waals surface area contributed by atoms with Crippen LogP contribution < -0.4 is 5.32 Å². The molecular formula is C19H25N3O3. The summed E-state index contributed by atoms with van der Waals surface area (Å²) in [4.78, 5) is 19.0. The lowest BCUT2D eigenvalue weighted by Crippen LogP contribution is -2.53. The lowest BCUT2D eigenvalue weighted by atomic mass is 9.91. The molecule has 6 nitrogen and oxygen atoms in total. The molecule has 1 aliphatic heterocycles. The lowest BCUT2D eigenvalue weighted by Gasteiger charge is -2.38. The number of benzene rings is 1. The van der Waals surface area contributed by atoms with Gasteiger partial charge in [0, 0.05) is 38.6 Å². The summed E-state index contributed by atoms with van der Waals surface area (Å²) >= 11 is 0. The van der Waals surface area contributed by atoms with E-state index < -0.39 is 0 Å². The van der Waals surface area contributed by atoms with Crippen LogP contribution in [0.15, 0.2) is 34.7 Å². The highest BCUT2D eigenvalue weighted by Gasteiger charge is 2.31. The van der Waals surface area contributed by atoms with Gasteiger partial charge in [0.2, 0.25) is 5.76 Å². The van der Waals surface area contributed by atoms with Gasteiger partial charge in [0.15, 0.2) is 5.89 Å². The minimum Gasteiger partial charge on any atom is -0.436 e. The standard InChI is InChI=1S/C19H25N3O3/c1-13-18(25-14(2)20-13)19(24)21-17-11-22(9-8-16(17)12-23)10-15-6-4-3-5-7-15/h3-7,16-17,23H,8-12H2,1-2H3,(H,21,24)/t16-,17+/m1/s1. The third-order valence-electron chi connectivity index (χ3n) is 4.75. The number of nitrogens with one attached hydrogen (secondary N) is 1. The van der Waals surface area contributed by atoms with Crippen molar-refractivity contribution in [2.75, 3.05) is 19.7 Å². The summed E-state index contributed by atoms with van der Waals surface area (Å²) in [6.45, 7) is 6.01. The molecule has 1 aromatic carbocycles. The molecule has 6 heteroatoms. The zero-order valence-electron chi connectivity index (χ0n) is 14.7. The lowest BCUT2D eigenvalue weighted by molar-refractivity contribution is 0.0709. The summed E-state index contributed by atoms with van der Waals surface area (Å²) in [5.74, 6) is 0.536. The van der Waals surface area contributed by atoms with Crippen molar-refractivity contribution in [3.05, 3.63) is 53.2 Å². The van der Waals surface area contributed by atoms with Crippen molar-refractivity contribution >= 4 is 5.91 Å². The van der Waals surface area contributed by atoms with Gasteiger partial charge in [-0.15, -0.1) is 0 Å². The van der Waals surface area contributed by atoms with Crippen LogP contribution in [-0.4, -0.2) is 46.6 Å². The van der Waals surface area contributed by atoms with Gasteiger partial charge in [0.1, 0.15) is 0 Å². The maximum atomic E-state index is 12.5. The number of aliphatic hydroxyl groups excluding tert-OH is 1. The Bertz CT molecular complexity index is 714. The molecule has 134 valence electrons. The van der Waals surface area contributed by atoms with Crippen LogP contribution in [-0.2, 0) is 6.54 Å². The molecule has 0 radical (unpaired) electrons. The van der Waals surface area contributed by atoms with Crippen LogP contribution in [0.2, 0.25) is 0 Å². The van der Waals surface area contributed by atoms with E-state index in [0.717, 1.165) is 19.5 Å². The summed E-state index contributed by atoms with van der Waals surface area (Å²) in [6, 6.07) is 10.2. The van der Waals surface area contributed by atoms with E-state index in [2.05, 4.69) is 27.3 Å². The van der Waals surface area contributed by atoms with Crippen molar-refractivity contribution in [3.63, 3.8) is 0 Å². The maximum Gasteiger partial charge on any atom is 0.289 e. The quantitative estimate of drug-likeness (QED) is 0.867. The molecule has 0 saturated carbocycles. The molecule has 1 saturated heterocycles. The minimum absolute atomic E-state index is 0.0558. The number of likely N-dealkylation sites (tertiary alicyclic amines) is 1. The van der Waals surface area contributed by atoms with E-state index >= 15 is 0 Å². The largest absolute Gasteiger partial charge is 0.436 e. The van der Waals surface area contributed by atoms with E-state index in [-0.39, 0.29) is 30.2 Å². The number of aryl methyl sites for hydroxylation is 2. The van der Waals surface area contributed by atoms with Crippen LogP contribution >= 0.6 is 0 Å². The Morgan fingerprint density at radius 1 is 1.36 bits per heavy atom. The van der Waals surface area contributed by atoms with Gasteiger partial charge in [-0.05, 0) is 25.5 Å². The van der Waals surface area contributed by atoms with Crippen LogP contribution in [0.5, 0.6) is 0 Å². The van der Waals surface area contributed by atoms with Crippen molar-refractivity contribution in [2.24, 2.45) is 5.92 Å². The van der Waals surface area contributed by atoms with E-state index in [4.69, 9.17) is 4.42 Å². The number of carbonyl (C=O) groups excluding carboxylic acids is 1. The molecule has 0 bridgehead atoms. The first-order valence-corrected chi connectivity index (χ1v) is 8.69. The number of carbonyl (C=O) groups is 1. The summed E-state index contributed by atoms with van der Waals surface area (Å²) < 4.78 is 5.41. The zero-order valence-corrected chi connectivity index (χ0v) is 14.7. The van der Waals surface area contributed by atoms with Gasteiger partial charge in [-0.2, -0.15) is 0 Å². The normalized spacial score (nSPS) is 21.2. The molecule has 2 aromatic rings. The van der Waals surface area contributed by atoms with Gasteiger partial charge >= 0.3 is 0 Å². The SMILES string of the molecule is Cc1nc(C)c(C(=O)N[C@H]2CN(Cc3ccccc3)CC[C@@H]2CO)o1. The molecule has 1 aromatic heterocycles. The van der Waals surface area contributed by atoms with Crippen LogP contribution in [0.3, 0.4) is 0 Å². The Hall–Kier alpha value is -2.18. The number of nitrogens with zero attached hydrogens (tertiary/aromatic N) is 2. The molecule has 1 aliphatic rings. The molecule has 2 N–H and O–H groups in total. The highest BCUT2D eigenvalue weighted by atomic mass is 16.4. The number of hydrogen-bond donors (Lipinski definition) is 2. The Morgan fingerprint density at radius 3 is 2.76 bits per heavy atom. The number of rotatable bonds is 5. The van der Waals surface area contributed by atoms with E-state index in [9.17, 15) is 9.90 Å². The fourth-order valence-corrected chi connectivity index (χ4v) is 3.41. The Labute approximate surface area is 147 Å². The summed E-state index contributed by atoms with van der Waals surface area (Å²) in [6.07, 6.45) is 0.850. The van der Waals surface area contributed by atoms with E-state index in [0.29, 0.717) is 18.1 Å². The fraction of sp³-hybridized carbons (Fsp3) is 0.474. The second-order valence-electron chi connectivity index (χ2n) is 6.68. The van der Waals surface area contributed by atoms with Crippen LogP contribution in [0.1, 0.15) is 34.1 Å². The highest BCUT2D eigenvalue weighted by Crippen LogP contribution is 2.20. The first-order valence-electron chi connectivity index (χ1n) is 8.69. The molecule has 0 aliphatic carbocycles. The Kier molecular flexibility index (Phi) is 5.50. The number of piperidine rings is 1. The molecule has 25 heavy (non-hydrogen) atoms. The minimum atomic E-state index is -0.261. The number of amides is 1. The average Bonchev–Trinajstić information content (AvgIpc) is 2.94. The van der Waals surface area contributed by atoms with Crippen LogP contribution in [0.25, 0.3) is 0 Å². The first-order chi connectivity index (χ1) is 12.1. The van der Waals surface area contributed by atoms with Gasteiger partial charge in [-0.25, -0.2) is 4.98 Å². The molecule has 1 fully saturated rings. The summed E-state index contributed by atoms with van der Waals surface area (Å²) in [5, 5.41) is 12.7. The van der Waals surface area contributed by atoms with E-state index in [1.807, 2.05) is 18.2 Å². The molecule has 2 heterocycles. The predicted octanol–water partition coefficient (Wildman–Crippen LogP) is 1.90. The second-order valence-corrected chi connectivity index (χ2v) is 6.68. The first kappa shape index (κ1) is 17.6. The smallest absolute Gasteiger partial charge is 0.289 e. The zero-order chi connectivity index (χ0) is 17.8.